The largest absolute Gasteiger partial charge is 0.493 e. The summed E-state index contributed by atoms with van der Waals surface area (Å²) in [6, 6.07) is 12.3. The van der Waals surface area contributed by atoms with E-state index >= 15 is 0 Å². The number of fused-ring (bicyclic) bond motifs is 1. The first-order valence-corrected chi connectivity index (χ1v) is 12.5. The Balaban J connectivity index is 1.71. The van der Waals surface area contributed by atoms with Crippen LogP contribution in [0.2, 0.25) is 0 Å². The number of thiocarbonyl (C=S) groups is 1. The number of allylic oxidation sites excluding steroid dienone is 1. The summed E-state index contributed by atoms with van der Waals surface area (Å²) in [6.07, 6.45) is 1.63. The van der Waals surface area contributed by atoms with Crippen molar-refractivity contribution in [3.8, 4) is 5.88 Å². The Bertz CT molecular complexity index is 1360. The summed E-state index contributed by atoms with van der Waals surface area (Å²) in [5.41, 5.74) is 2.60. The van der Waals surface area contributed by atoms with Crippen molar-refractivity contribution in [2.75, 3.05) is 31.6 Å². The molecule has 0 unspecified atom stereocenters. The lowest BCUT2D eigenvalue weighted by atomic mass is 10.2. The van der Waals surface area contributed by atoms with Crippen LogP contribution in [-0.4, -0.2) is 53.8 Å². The zero-order valence-electron chi connectivity index (χ0n) is 18.6. The van der Waals surface area contributed by atoms with Crippen molar-refractivity contribution in [3.63, 3.8) is 0 Å². The first-order chi connectivity index (χ1) is 16.3. The molecule has 34 heavy (non-hydrogen) atoms. The fourth-order valence-corrected chi connectivity index (χ4v) is 5.29. The van der Waals surface area contributed by atoms with Crippen molar-refractivity contribution in [2.24, 2.45) is 10.2 Å². The molecule has 9 nitrogen and oxygen atoms in total. The smallest absolute Gasteiger partial charge is 0.243 e. The van der Waals surface area contributed by atoms with E-state index in [1.165, 1.54) is 16.4 Å². The number of rotatable bonds is 6. The third-order valence-electron chi connectivity index (χ3n) is 5.44. The molecule has 3 aromatic rings. The molecule has 178 valence electrons. The molecule has 0 atom stereocenters. The summed E-state index contributed by atoms with van der Waals surface area (Å²) < 4.78 is 34.5. The van der Waals surface area contributed by atoms with Gasteiger partial charge in [0.15, 0.2) is 5.69 Å². The van der Waals surface area contributed by atoms with E-state index in [1.54, 1.807) is 16.7 Å². The van der Waals surface area contributed by atoms with Gasteiger partial charge in [-0.2, -0.15) is 4.31 Å². The molecule has 0 saturated carbocycles. The minimum Gasteiger partial charge on any atom is -0.493 e. The SMILES string of the molecule is C=CCn1c(O)c(N=NC(=S)Nc2ccc(C)cc2)c2cc(S(=O)(=O)N3CCOCC3)ccc21. The first kappa shape index (κ1) is 24.0. The molecule has 1 aliphatic heterocycles. The normalized spacial score (nSPS) is 15.1. The van der Waals surface area contributed by atoms with Gasteiger partial charge in [-0.3, -0.25) is 0 Å². The van der Waals surface area contributed by atoms with Crippen molar-refractivity contribution >= 4 is 49.6 Å². The number of sulfonamides is 1. The summed E-state index contributed by atoms with van der Waals surface area (Å²) in [7, 11) is -3.73. The van der Waals surface area contributed by atoms with E-state index in [0.29, 0.717) is 30.7 Å². The van der Waals surface area contributed by atoms with E-state index in [2.05, 4.69) is 22.1 Å². The number of nitrogens with one attached hydrogen (secondary N) is 1. The second kappa shape index (κ2) is 10.0. The number of aryl methyl sites for hydroxylation is 1. The molecule has 0 spiro atoms. The van der Waals surface area contributed by atoms with Gasteiger partial charge in [-0.15, -0.1) is 16.8 Å². The number of anilines is 1. The lowest BCUT2D eigenvalue weighted by Gasteiger charge is -2.26. The van der Waals surface area contributed by atoms with Crippen molar-refractivity contribution in [1.82, 2.24) is 8.87 Å². The fourth-order valence-electron chi connectivity index (χ4n) is 3.69. The number of hydrogen-bond donors (Lipinski definition) is 2. The number of benzene rings is 2. The number of hydrogen-bond acceptors (Lipinski definition) is 6. The van der Waals surface area contributed by atoms with Gasteiger partial charge in [0.25, 0.3) is 0 Å². The maximum Gasteiger partial charge on any atom is 0.243 e. The quantitative estimate of drug-likeness (QED) is 0.297. The summed E-state index contributed by atoms with van der Waals surface area (Å²) in [5, 5.41) is 22.6. The average molecular weight is 500 g/mol. The Hall–Kier alpha value is -3.12. The van der Waals surface area contributed by atoms with Crippen LogP contribution in [0, 0.1) is 6.92 Å². The molecule has 0 bridgehead atoms. The number of azo groups is 1. The van der Waals surface area contributed by atoms with Gasteiger partial charge in [0, 0.05) is 30.7 Å². The lowest BCUT2D eigenvalue weighted by Crippen LogP contribution is -2.40. The van der Waals surface area contributed by atoms with Gasteiger partial charge in [0.05, 0.1) is 23.6 Å². The minimum atomic E-state index is -3.73. The second-order valence-electron chi connectivity index (χ2n) is 7.76. The van der Waals surface area contributed by atoms with E-state index < -0.39 is 10.0 Å². The molecule has 0 aliphatic carbocycles. The molecule has 1 fully saturated rings. The van der Waals surface area contributed by atoms with Gasteiger partial charge in [0.1, 0.15) is 0 Å². The van der Waals surface area contributed by atoms with Crippen LogP contribution in [0.15, 0.2) is 70.2 Å². The summed E-state index contributed by atoms with van der Waals surface area (Å²) in [5.74, 6) is -0.155. The maximum atomic E-state index is 13.2. The van der Waals surface area contributed by atoms with Gasteiger partial charge < -0.3 is 19.7 Å². The molecule has 1 aliphatic rings. The third-order valence-corrected chi connectivity index (χ3v) is 7.52. The molecule has 0 radical (unpaired) electrons. The van der Waals surface area contributed by atoms with E-state index in [9.17, 15) is 13.5 Å². The minimum absolute atomic E-state index is 0.102. The number of morpholine rings is 1. The van der Waals surface area contributed by atoms with Gasteiger partial charge in [-0.25, -0.2) is 8.42 Å². The number of nitrogens with zero attached hydrogens (tertiary/aromatic N) is 4. The van der Waals surface area contributed by atoms with Crippen molar-refractivity contribution < 1.29 is 18.3 Å². The van der Waals surface area contributed by atoms with Crippen LogP contribution in [0.5, 0.6) is 5.88 Å². The Kier molecular flexibility index (Phi) is 7.08. The number of ether oxygens (including phenoxy) is 1. The molecular formula is C23H25N5O4S2. The topological polar surface area (TPSA) is 109 Å². The third kappa shape index (κ3) is 4.87. The Morgan fingerprint density at radius 2 is 1.94 bits per heavy atom. The molecule has 11 heteroatoms. The standard InChI is InChI=1S/C23H25N5O4S2/c1-3-10-28-20-9-8-18(34(30,31)27-11-13-32-14-12-27)15-19(20)21(22(28)29)25-26-23(33)24-17-6-4-16(2)5-7-17/h3-9,15,29H,1,10-14H2,2H3,(H,24,33). The van der Waals surface area contributed by atoms with Crippen LogP contribution < -0.4 is 5.32 Å². The Morgan fingerprint density at radius 1 is 1.24 bits per heavy atom. The summed E-state index contributed by atoms with van der Waals surface area (Å²) >= 11 is 5.27. The zero-order valence-corrected chi connectivity index (χ0v) is 20.3. The van der Waals surface area contributed by atoms with Crippen LogP contribution in [0.4, 0.5) is 11.4 Å². The molecule has 1 aromatic heterocycles. The summed E-state index contributed by atoms with van der Waals surface area (Å²) in [6.45, 7) is 7.29. The molecule has 2 N–H and O–H groups in total. The molecule has 4 rings (SSSR count). The van der Waals surface area contributed by atoms with E-state index in [0.717, 1.165) is 11.3 Å². The molecule has 0 amide bonds. The van der Waals surface area contributed by atoms with Crippen LogP contribution in [-0.2, 0) is 21.3 Å². The number of aromatic hydroxyl groups is 1. The second-order valence-corrected chi connectivity index (χ2v) is 10.1. The highest BCUT2D eigenvalue weighted by Gasteiger charge is 2.28. The first-order valence-electron chi connectivity index (χ1n) is 10.6. The van der Waals surface area contributed by atoms with Gasteiger partial charge >= 0.3 is 0 Å². The van der Waals surface area contributed by atoms with Crippen LogP contribution in [0.25, 0.3) is 10.9 Å². The van der Waals surface area contributed by atoms with Crippen molar-refractivity contribution in [3.05, 3.63) is 60.7 Å². The van der Waals surface area contributed by atoms with Crippen molar-refractivity contribution in [1.29, 1.82) is 0 Å². The Morgan fingerprint density at radius 3 is 2.62 bits per heavy atom. The van der Waals surface area contributed by atoms with Gasteiger partial charge in [-0.1, -0.05) is 23.8 Å². The van der Waals surface area contributed by atoms with Crippen LogP contribution >= 0.6 is 12.2 Å². The van der Waals surface area contributed by atoms with E-state index in [4.69, 9.17) is 17.0 Å². The summed E-state index contributed by atoms with van der Waals surface area (Å²) in [4.78, 5) is 0.106. The maximum absolute atomic E-state index is 13.2. The van der Waals surface area contributed by atoms with Gasteiger partial charge in [-0.05, 0) is 49.5 Å². The van der Waals surface area contributed by atoms with Gasteiger partial charge in [0.2, 0.25) is 21.0 Å². The predicted molar refractivity (Wildman–Crippen MR) is 135 cm³/mol. The highest BCUT2D eigenvalue weighted by Crippen LogP contribution is 2.40. The van der Waals surface area contributed by atoms with E-state index in [1.807, 2.05) is 31.2 Å². The van der Waals surface area contributed by atoms with Crippen LogP contribution in [0.1, 0.15) is 5.56 Å². The van der Waals surface area contributed by atoms with Crippen LogP contribution in [0.3, 0.4) is 0 Å². The lowest BCUT2D eigenvalue weighted by molar-refractivity contribution is 0.0730. The van der Waals surface area contributed by atoms with Crippen molar-refractivity contribution in [2.45, 2.75) is 18.4 Å². The zero-order chi connectivity index (χ0) is 24.3. The monoisotopic (exact) mass is 499 g/mol. The molecule has 1 saturated heterocycles. The average Bonchev–Trinajstić information content (AvgIpc) is 3.10. The number of aromatic nitrogens is 1. The predicted octanol–water partition coefficient (Wildman–Crippen LogP) is 4.34. The molecule has 2 heterocycles. The molecule has 2 aromatic carbocycles. The molecular weight excluding hydrogens is 474 g/mol. The highest BCUT2D eigenvalue weighted by molar-refractivity contribution is 7.89. The fraction of sp³-hybridized carbons (Fsp3) is 0.261. The Labute approximate surface area is 203 Å². The highest BCUT2D eigenvalue weighted by atomic mass is 32.2. The van der Waals surface area contributed by atoms with E-state index in [-0.39, 0.29) is 34.7 Å².